The van der Waals surface area contributed by atoms with Gasteiger partial charge in [-0.1, -0.05) is 6.07 Å². The Bertz CT molecular complexity index is 434. The SMILES string of the molecule is CCOC1CC(N)C1NC(=O)c1cccc(O)c1. The first-order chi connectivity index (χ1) is 8.61. The summed E-state index contributed by atoms with van der Waals surface area (Å²) in [6.07, 6.45) is 0.755. The average molecular weight is 250 g/mol. The van der Waals surface area contributed by atoms with Gasteiger partial charge in [0.15, 0.2) is 0 Å². The number of rotatable bonds is 4. The zero-order chi connectivity index (χ0) is 13.1. The third-order valence-corrected chi connectivity index (χ3v) is 3.15. The molecular weight excluding hydrogens is 232 g/mol. The highest BCUT2D eigenvalue weighted by atomic mass is 16.5. The van der Waals surface area contributed by atoms with Crippen LogP contribution < -0.4 is 11.1 Å². The predicted octanol–water partition coefficient (Wildman–Crippen LogP) is 0.627. The van der Waals surface area contributed by atoms with Crippen molar-refractivity contribution in [2.75, 3.05) is 6.61 Å². The van der Waals surface area contributed by atoms with E-state index in [-0.39, 0.29) is 29.8 Å². The standard InChI is InChI=1S/C13H18N2O3/c1-2-18-11-7-10(14)12(11)15-13(17)8-4-3-5-9(16)6-8/h3-6,10-12,16H,2,7,14H2,1H3,(H,15,17). The summed E-state index contributed by atoms with van der Waals surface area (Å²) in [5.74, 6) is -0.169. The minimum Gasteiger partial charge on any atom is -0.508 e. The van der Waals surface area contributed by atoms with E-state index in [0.717, 1.165) is 6.42 Å². The summed E-state index contributed by atoms with van der Waals surface area (Å²) in [4.78, 5) is 12.0. The molecule has 3 atom stereocenters. The van der Waals surface area contributed by atoms with Crippen LogP contribution in [-0.4, -0.2) is 35.8 Å². The number of hydrogen-bond donors (Lipinski definition) is 3. The Morgan fingerprint density at radius 3 is 3.00 bits per heavy atom. The summed E-state index contributed by atoms with van der Waals surface area (Å²) in [5, 5.41) is 12.2. The molecule has 0 saturated heterocycles. The van der Waals surface area contributed by atoms with Crippen LogP contribution in [0.15, 0.2) is 24.3 Å². The van der Waals surface area contributed by atoms with Gasteiger partial charge in [0.1, 0.15) is 5.75 Å². The molecule has 1 saturated carbocycles. The van der Waals surface area contributed by atoms with Crippen molar-refractivity contribution < 1.29 is 14.6 Å². The lowest BCUT2D eigenvalue weighted by Crippen LogP contribution is -2.64. The summed E-state index contributed by atoms with van der Waals surface area (Å²) in [5.41, 5.74) is 6.28. The fraction of sp³-hybridized carbons (Fsp3) is 0.462. The van der Waals surface area contributed by atoms with Gasteiger partial charge in [-0.15, -0.1) is 0 Å². The van der Waals surface area contributed by atoms with Crippen LogP contribution in [0.5, 0.6) is 5.75 Å². The van der Waals surface area contributed by atoms with E-state index in [0.29, 0.717) is 12.2 Å². The molecule has 5 nitrogen and oxygen atoms in total. The number of nitrogens with two attached hydrogens (primary N) is 1. The molecule has 0 aromatic heterocycles. The molecule has 1 aliphatic rings. The van der Waals surface area contributed by atoms with Crippen molar-refractivity contribution >= 4 is 5.91 Å². The minimum absolute atomic E-state index is 0.00809. The van der Waals surface area contributed by atoms with E-state index < -0.39 is 0 Å². The molecule has 1 aliphatic carbocycles. The molecule has 0 spiro atoms. The minimum atomic E-state index is -0.240. The van der Waals surface area contributed by atoms with E-state index in [1.54, 1.807) is 12.1 Å². The number of nitrogens with one attached hydrogen (secondary N) is 1. The maximum atomic E-state index is 12.0. The number of ether oxygens (including phenoxy) is 1. The Morgan fingerprint density at radius 1 is 1.61 bits per heavy atom. The molecule has 4 N–H and O–H groups in total. The summed E-state index contributed by atoms with van der Waals surface area (Å²) in [7, 11) is 0. The number of carbonyl (C=O) groups is 1. The number of carbonyl (C=O) groups excluding carboxylic acids is 1. The molecule has 0 radical (unpaired) electrons. The molecule has 2 rings (SSSR count). The number of benzene rings is 1. The molecule has 1 amide bonds. The van der Waals surface area contributed by atoms with Crippen LogP contribution in [0.2, 0.25) is 0 Å². The highest BCUT2D eigenvalue weighted by molar-refractivity contribution is 5.94. The van der Waals surface area contributed by atoms with E-state index >= 15 is 0 Å². The molecule has 98 valence electrons. The van der Waals surface area contributed by atoms with E-state index in [4.69, 9.17) is 10.5 Å². The lowest BCUT2D eigenvalue weighted by Gasteiger charge is -2.42. The second-order valence-electron chi connectivity index (χ2n) is 4.44. The maximum Gasteiger partial charge on any atom is 0.251 e. The number of phenols is 1. The van der Waals surface area contributed by atoms with Crippen molar-refractivity contribution in [2.45, 2.75) is 31.5 Å². The zero-order valence-corrected chi connectivity index (χ0v) is 10.3. The Morgan fingerprint density at radius 2 is 2.39 bits per heavy atom. The lowest BCUT2D eigenvalue weighted by atomic mass is 9.83. The van der Waals surface area contributed by atoms with Crippen molar-refractivity contribution in [1.82, 2.24) is 5.32 Å². The van der Waals surface area contributed by atoms with E-state index in [1.807, 2.05) is 6.92 Å². The van der Waals surface area contributed by atoms with Crippen molar-refractivity contribution in [3.8, 4) is 5.75 Å². The van der Waals surface area contributed by atoms with Crippen LogP contribution in [0.25, 0.3) is 0 Å². The first-order valence-electron chi connectivity index (χ1n) is 6.09. The van der Waals surface area contributed by atoms with Gasteiger partial charge in [0.2, 0.25) is 0 Å². The van der Waals surface area contributed by atoms with Crippen LogP contribution in [0, 0.1) is 0 Å². The highest BCUT2D eigenvalue weighted by Gasteiger charge is 2.40. The maximum absolute atomic E-state index is 12.0. The fourth-order valence-corrected chi connectivity index (χ4v) is 2.11. The fourth-order valence-electron chi connectivity index (χ4n) is 2.11. The Hall–Kier alpha value is -1.59. The molecule has 5 heteroatoms. The third kappa shape index (κ3) is 2.63. The van der Waals surface area contributed by atoms with Gasteiger partial charge in [-0.2, -0.15) is 0 Å². The summed E-state index contributed by atoms with van der Waals surface area (Å²) < 4.78 is 5.48. The molecule has 3 unspecified atom stereocenters. The van der Waals surface area contributed by atoms with Crippen LogP contribution in [0.3, 0.4) is 0 Å². The lowest BCUT2D eigenvalue weighted by molar-refractivity contribution is -0.0300. The van der Waals surface area contributed by atoms with E-state index in [1.165, 1.54) is 12.1 Å². The van der Waals surface area contributed by atoms with Crippen molar-refractivity contribution in [3.05, 3.63) is 29.8 Å². The third-order valence-electron chi connectivity index (χ3n) is 3.15. The van der Waals surface area contributed by atoms with Crippen LogP contribution in [0.4, 0.5) is 0 Å². The van der Waals surface area contributed by atoms with Crippen LogP contribution >= 0.6 is 0 Å². The number of amides is 1. The molecule has 0 heterocycles. The molecule has 1 aromatic rings. The molecule has 0 bridgehead atoms. The van der Waals surface area contributed by atoms with Gasteiger partial charge in [0, 0.05) is 18.2 Å². The molecule has 1 aromatic carbocycles. The summed E-state index contributed by atoms with van der Waals surface area (Å²) >= 11 is 0. The Labute approximate surface area is 106 Å². The first-order valence-corrected chi connectivity index (χ1v) is 6.09. The molecular formula is C13H18N2O3. The topological polar surface area (TPSA) is 84.6 Å². The quantitative estimate of drug-likeness (QED) is 0.731. The monoisotopic (exact) mass is 250 g/mol. The molecule has 1 fully saturated rings. The molecule has 0 aliphatic heterocycles. The highest BCUT2D eigenvalue weighted by Crippen LogP contribution is 2.23. The Kier molecular flexibility index (Phi) is 3.84. The normalized spacial score (nSPS) is 26.4. The van der Waals surface area contributed by atoms with E-state index in [2.05, 4.69) is 5.32 Å². The zero-order valence-electron chi connectivity index (χ0n) is 10.3. The summed E-state index contributed by atoms with van der Waals surface area (Å²) in [6, 6.07) is 6.01. The van der Waals surface area contributed by atoms with Gasteiger partial charge in [0.25, 0.3) is 5.91 Å². The van der Waals surface area contributed by atoms with Gasteiger partial charge < -0.3 is 20.9 Å². The number of hydrogen-bond acceptors (Lipinski definition) is 4. The largest absolute Gasteiger partial charge is 0.508 e. The predicted molar refractivity (Wildman–Crippen MR) is 67.4 cm³/mol. The smallest absolute Gasteiger partial charge is 0.251 e. The van der Waals surface area contributed by atoms with Crippen molar-refractivity contribution in [2.24, 2.45) is 5.73 Å². The van der Waals surface area contributed by atoms with Crippen molar-refractivity contribution in [1.29, 1.82) is 0 Å². The second kappa shape index (κ2) is 5.37. The van der Waals surface area contributed by atoms with Gasteiger partial charge in [-0.25, -0.2) is 0 Å². The second-order valence-corrected chi connectivity index (χ2v) is 4.44. The molecule has 18 heavy (non-hydrogen) atoms. The average Bonchev–Trinajstić information content (AvgIpc) is 2.35. The van der Waals surface area contributed by atoms with Gasteiger partial charge >= 0.3 is 0 Å². The Balaban J connectivity index is 1.98. The number of aromatic hydroxyl groups is 1. The van der Waals surface area contributed by atoms with Crippen molar-refractivity contribution in [3.63, 3.8) is 0 Å². The van der Waals surface area contributed by atoms with Crippen LogP contribution in [-0.2, 0) is 4.74 Å². The summed E-state index contributed by atoms with van der Waals surface area (Å²) in [6.45, 7) is 2.52. The number of phenolic OH excluding ortho intramolecular Hbond substituents is 1. The van der Waals surface area contributed by atoms with Gasteiger partial charge in [-0.05, 0) is 31.5 Å². The van der Waals surface area contributed by atoms with E-state index in [9.17, 15) is 9.90 Å². The van der Waals surface area contributed by atoms with Gasteiger partial charge in [-0.3, -0.25) is 4.79 Å². The van der Waals surface area contributed by atoms with Crippen LogP contribution in [0.1, 0.15) is 23.7 Å². The van der Waals surface area contributed by atoms with Gasteiger partial charge in [0.05, 0.1) is 12.1 Å². The first kappa shape index (κ1) is 12.9.